The Labute approximate surface area is 96.9 Å². The maximum atomic E-state index is 11.8. The number of hydrogen-bond donors (Lipinski definition) is 0. The molecule has 1 heterocycles. The fourth-order valence-electron chi connectivity index (χ4n) is 1.15. The average molecular weight is 246 g/mol. The molecule has 16 heavy (non-hydrogen) atoms. The third-order valence-electron chi connectivity index (χ3n) is 2.02. The Hall–Kier alpha value is -1.63. The van der Waals surface area contributed by atoms with E-state index in [0.29, 0.717) is 17.8 Å². The van der Waals surface area contributed by atoms with Crippen molar-refractivity contribution >= 4 is 23.8 Å². The number of amides is 1. The second kappa shape index (κ2) is 5.45. The van der Waals surface area contributed by atoms with Gasteiger partial charge in [0.15, 0.2) is 0 Å². The second-order valence-electron chi connectivity index (χ2n) is 2.85. The van der Waals surface area contributed by atoms with Crippen molar-refractivity contribution in [2.24, 2.45) is 0 Å². The number of halogens is 1. The van der Waals surface area contributed by atoms with Crippen molar-refractivity contribution in [3.05, 3.63) is 16.0 Å². The van der Waals surface area contributed by atoms with Gasteiger partial charge >= 0.3 is 11.7 Å². The number of carbonyl (C=O) groups excluding carboxylic acids is 1. The van der Waals surface area contributed by atoms with Crippen LogP contribution in [0.25, 0.3) is 6.20 Å². The molecular weight excluding hydrogens is 234 g/mol. The monoisotopic (exact) mass is 245 g/mol. The van der Waals surface area contributed by atoms with Crippen molar-refractivity contribution in [3.8, 4) is 0 Å². The molecule has 0 aromatic carbocycles. The van der Waals surface area contributed by atoms with Gasteiger partial charge in [0.25, 0.3) is 0 Å². The lowest BCUT2D eigenvalue weighted by atomic mass is 10.5. The van der Waals surface area contributed by atoms with Crippen LogP contribution in [0.1, 0.15) is 13.8 Å². The van der Waals surface area contributed by atoms with Crippen LogP contribution in [-0.2, 0) is 0 Å². The van der Waals surface area contributed by atoms with E-state index in [1.807, 2.05) is 13.8 Å². The van der Waals surface area contributed by atoms with Gasteiger partial charge in [-0.15, -0.1) is 4.68 Å². The molecule has 1 aromatic rings. The van der Waals surface area contributed by atoms with Crippen molar-refractivity contribution in [2.45, 2.75) is 13.8 Å². The Kier molecular flexibility index (Phi) is 4.24. The van der Waals surface area contributed by atoms with Crippen molar-refractivity contribution in [2.75, 3.05) is 13.1 Å². The normalized spacial score (nSPS) is 10.9. The summed E-state index contributed by atoms with van der Waals surface area (Å²) in [5.41, 5.74) is 0.469. The van der Waals surface area contributed by atoms with Gasteiger partial charge in [-0.25, -0.2) is 9.59 Å². The van der Waals surface area contributed by atoms with E-state index >= 15 is 0 Å². The van der Waals surface area contributed by atoms with E-state index < -0.39 is 11.7 Å². The van der Waals surface area contributed by atoms with Gasteiger partial charge in [0, 0.05) is 24.8 Å². The molecule has 0 bridgehead atoms. The zero-order chi connectivity index (χ0) is 12.1. The predicted molar refractivity (Wildman–Crippen MR) is 59.2 cm³/mol. The molecule has 0 saturated heterocycles. The molecule has 0 radical (unpaired) electrons. The van der Waals surface area contributed by atoms with Gasteiger partial charge in [0.05, 0.1) is 0 Å². The lowest BCUT2D eigenvalue weighted by Crippen LogP contribution is -2.40. The summed E-state index contributed by atoms with van der Waals surface area (Å²) in [6, 6.07) is -0.496. The van der Waals surface area contributed by atoms with Gasteiger partial charge in [-0.05, 0) is 24.3 Å². The van der Waals surface area contributed by atoms with Gasteiger partial charge in [0.2, 0.25) is 0 Å². The van der Waals surface area contributed by atoms with Gasteiger partial charge in [0.1, 0.15) is 0 Å². The van der Waals surface area contributed by atoms with Crippen LogP contribution in [0, 0.1) is 0 Å². The largest absolute Gasteiger partial charge is 0.376 e. The lowest BCUT2D eigenvalue weighted by molar-refractivity contribution is 0.200. The first-order chi connectivity index (χ1) is 7.65. The van der Waals surface area contributed by atoms with Crippen molar-refractivity contribution in [1.82, 2.24) is 24.7 Å². The van der Waals surface area contributed by atoms with E-state index in [-0.39, 0.29) is 0 Å². The number of nitrogens with zero attached hydrogens (tertiary/aromatic N) is 5. The molecule has 0 fully saturated rings. The van der Waals surface area contributed by atoms with E-state index in [1.54, 1.807) is 0 Å². The summed E-state index contributed by atoms with van der Waals surface area (Å²) >= 11 is 5.30. The molecule has 0 aliphatic heterocycles. The molecule has 0 aliphatic carbocycles. The first-order valence-corrected chi connectivity index (χ1v) is 5.20. The fourth-order valence-corrected chi connectivity index (χ4v) is 1.26. The fraction of sp³-hybridized carbons (Fsp3) is 0.500. The van der Waals surface area contributed by atoms with Crippen LogP contribution in [0.5, 0.6) is 0 Å². The van der Waals surface area contributed by atoms with Gasteiger partial charge < -0.3 is 4.90 Å². The highest BCUT2D eigenvalue weighted by atomic mass is 35.5. The quantitative estimate of drug-likeness (QED) is 0.724. The molecular formula is C8H12ClN5O2. The van der Waals surface area contributed by atoms with Gasteiger partial charge in [-0.3, -0.25) is 0 Å². The Bertz CT molecular complexity index is 446. The topological polar surface area (TPSA) is 73.0 Å². The van der Waals surface area contributed by atoms with Crippen LogP contribution >= 0.6 is 11.6 Å². The summed E-state index contributed by atoms with van der Waals surface area (Å²) in [6.45, 7) is 4.63. The van der Waals surface area contributed by atoms with E-state index in [9.17, 15) is 9.59 Å². The van der Waals surface area contributed by atoms with Crippen LogP contribution in [0.4, 0.5) is 4.79 Å². The molecule has 0 N–H and O–H groups in total. The number of carbonyl (C=O) groups is 1. The predicted octanol–water partition coefficient (Wildman–Crippen LogP) is 0.417. The molecule has 88 valence electrons. The summed E-state index contributed by atoms with van der Waals surface area (Å²) in [4.78, 5) is 24.8. The first-order valence-electron chi connectivity index (χ1n) is 4.76. The Morgan fingerprint density at radius 1 is 1.44 bits per heavy atom. The van der Waals surface area contributed by atoms with Crippen molar-refractivity contribution < 1.29 is 4.79 Å². The van der Waals surface area contributed by atoms with Crippen molar-refractivity contribution in [3.63, 3.8) is 0 Å². The second-order valence-corrected chi connectivity index (χ2v) is 3.10. The van der Waals surface area contributed by atoms with Gasteiger partial charge in [-0.2, -0.15) is 4.68 Å². The first kappa shape index (κ1) is 12.4. The van der Waals surface area contributed by atoms with Crippen molar-refractivity contribution in [1.29, 1.82) is 0 Å². The highest BCUT2D eigenvalue weighted by molar-refractivity contribution is 6.26. The third kappa shape index (κ3) is 2.30. The van der Waals surface area contributed by atoms with E-state index in [0.717, 1.165) is 10.2 Å². The van der Waals surface area contributed by atoms with Gasteiger partial charge in [-0.1, -0.05) is 11.6 Å². The number of tetrazole rings is 1. The minimum absolute atomic E-state index is 0.496. The lowest BCUT2D eigenvalue weighted by Gasteiger charge is -2.16. The SMILES string of the molecule is CCN(CC)C(=O)n1nnn(/C=C\Cl)c1=O. The Balaban J connectivity index is 3.06. The number of hydrogen-bond acceptors (Lipinski definition) is 4. The maximum Gasteiger partial charge on any atom is 0.376 e. The third-order valence-corrected chi connectivity index (χ3v) is 2.13. The summed E-state index contributed by atoms with van der Waals surface area (Å²) in [7, 11) is 0. The zero-order valence-electron chi connectivity index (χ0n) is 9.00. The molecule has 1 amide bonds. The minimum atomic E-state index is -0.645. The van der Waals surface area contributed by atoms with Crippen LogP contribution in [0.15, 0.2) is 10.3 Å². The maximum absolute atomic E-state index is 11.8. The highest BCUT2D eigenvalue weighted by Crippen LogP contribution is 1.91. The van der Waals surface area contributed by atoms with Crippen LogP contribution in [-0.4, -0.2) is 43.8 Å². The smallest absolute Gasteiger partial charge is 0.323 e. The molecule has 0 aliphatic rings. The molecule has 0 atom stereocenters. The van der Waals surface area contributed by atoms with E-state index in [2.05, 4.69) is 10.4 Å². The molecule has 0 unspecified atom stereocenters. The molecule has 1 aromatic heterocycles. The number of aromatic nitrogens is 4. The standard InChI is InChI=1S/C8H12ClN5O2/c1-3-12(4-2)7(15)14-8(16)13(6-5-9)10-11-14/h5-6H,3-4H2,1-2H3/b6-5-. The van der Waals surface area contributed by atoms with E-state index in [1.165, 1.54) is 11.1 Å². The highest BCUT2D eigenvalue weighted by Gasteiger charge is 2.17. The molecule has 0 saturated carbocycles. The van der Waals surface area contributed by atoms with Crippen LogP contribution < -0.4 is 5.69 Å². The zero-order valence-corrected chi connectivity index (χ0v) is 9.76. The average Bonchev–Trinajstić information content (AvgIpc) is 2.63. The molecule has 0 spiro atoms. The van der Waals surface area contributed by atoms with E-state index in [4.69, 9.17) is 11.6 Å². The Morgan fingerprint density at radius 2 is 2.06 bits per heavy atom. The summed E-state index contributed by atoms with van der Waals surface area (Å²) in [6.07, 6.45) is 1.21. The molecule has 8 heteroatoms. The Morgan fingerprint density at radius 3 is 2.56 bits per heavy atom. The molecule has 7 nitrogen and oxygen atoms in total. The molecule has 1 rings (SSSR count). The van der Waals surface area contributed by atoms with Crippen LogP contribution in [0.3, 0.4) is 0 Å². The number of rotatable bonds is 3. The summed E-state index contributed by atoms with van der Waals surface area (Å²) in [5.74, 6) is 0. The minimum Gasteiger partial charge on any atom is -0.323 e. The van der Waals surface area contributed by atoms with Crippen LogP contribution in [0.2, 0.25) is 0 Å². The summed E-state index contributed by atoms with van der Waals surface area (Å²) in [5, 5.41) is 6.94. The summed E-state index contributed by atoms with van der Waals surface area (Å²) < 4.78 is 1.58.